The number of anilines is 2. The smallest absolute Gasteiger partial charge is 0.264 e. The van der Waals surface area contributed by atoms with E-state index >= 15 is 0 Å². The van der Waals surface area contributed by atoms with Gasteiger partial charge in [0.1, 0.15) is 11.6 Å². The number of phenolic OH excluding ortho intramolecular Hbond substituents is 1. The number of aromatic amines is 1. The van der Waals surface area contributed by atoms with Crippen molar-refractivity contribution in [1.82, 2.24) is 24.6 Å². The van der Waals surface area contributed by atoms with Gasteiger partial charge in [0.05, 0.1) is 30.7 Å². The zero-order valence-electron chi connectivity index (χ0n) is 26.9. The maximum atomic E-state index is 14.9. The van der Waals surface area contributed by atoms with Gasteiger partial charge in [-0.05, 0) is 73.0 Å². The number of aromatic hydroxyl groups is 1. The van der Waals surface area contributed by atoms with Crippen LogP contribution in [0.1, 0.15) is 37.5 Å². The minimum Gasteiger partial charge on any atom is -0.508 e. The van der Waals surface area contributed by atoms with Gasteiger partial charge >= 0.3 is 0 Å². The van der Waals surface area contributed by atoms with Crippen LogP contribution in [0.3, 0.4) is 0 Å². The molecule has 0 saturated carbocycles. The van der Waals surface area contributed by atoms with Crippen molar-refractivity contribution in [2.45, 2.75) is 25.9 Å². The first-order valence-electron chi connectivity index (χ1n) is 16.0. The minimum absolute atomic E-state index is 0.0742. The topological polar surface area (TPSA) is 107 Å². The second-order valence-corrected chi connectivity index (χ2v) is 12.4. The van der Waals surface area contributed by atoms with Gasteiger partial charge in [0.25, 0.3) is 11.8 Å². The molecule has 2 amide bonds. The van der Waals surface area contributed by atoms with Gasteiger partial charge in [-0.15, -0.1) is 0 Å². The SMILES string of the molecule is Cc1[nH]c(-c2cc(F)ccc2C(=O)N2Cc3ccccc3C[C@H]2CN2CCOCC2)cc1C(=O)N(c1ccc(O)cc1)c1cnn(C)c1. The van der Waals surface area contributed by atoms with E-state index in [1.165, 1.54) is 40.8 Å². The molecule has 1 saturated heterocycles. The maximum absolute atomic E-state index is 14.9. The van der Waals surface area contributed by atoms with Gasteiger partial charge in [-0.1, -0.05) is 24.3 Å². The number of aryl methyl sites for hydroxylation is 2. The molecule has 0 radical (unpaired) electrons. The summed E-state index contributed by atoms with van der Waals surface area (Å²) in [7, 11) is 1.76. The third-order valence-electron chi connectivity index (χ3n) is 9.20. The summed E-state index contributed by atoms with van der Waals surface area (Å²) >= 11 is 0. The lowest BCUT2D eigenvalue weighted by molar-refractivity contribution is 0.0193. The first-order valence-corrected chi connectivity index (χ1v) is 16.0. The molecule has 2 aromatic heterocycles. The summed E-state index contributed by atoms with van der Waals surface area (Å²) in [6, 6.07) is 20.3. The molecule has 1 fully saturated rings. The number of morpholine rings is 1. The maximum Gasteiger partial charge on any atom is 0.264 e. The Morgan fingerprint density at radius 1 is 1.00 bits per heavy atom. The number of aromatic nitrogens is 3. The van der Waals surface area contributed by atoms with Crippen LogP contribution in [-0.2, 0) is 24.8 Å². The van der Waals surface area contributed by atoms with Crippen molar-refractivity contribution in [3.63, 3.8) is 0 Å². The molecule has 0 aliphatic carbocycles. The average molecular weight is 649 g/mol. The van der Waals surface area contributed by atoms with Crippen molar-refractivity contribution in [1.29, 1.82) is 0 Å². The zero-order valence-corrected chi connectivity index (χ0v) is 26.9. The predicted molar refractivity (Wildman–Crippen MR) is 180 cm³/mol. The first-order chi connectivity index (χ1) is 23.2. The number of benzene rings is 3. The lowest BCUT2D eigenvalue weighted by Crippen LogP contribution is -2.52. The van der Waals surface area contributed by atoms with Crippen molar-refractivity contribution < 1.29 is 23.8 Å². The second-order valence-electron chi connectivity index (χ2n) is 12.4. The molecule has 0 spiro atoms. The van der Waals surface area contributed by atoms with E-state index in [-0.39, 0.29) is 23.6 Å². The molecule has 3 aromatic carbocycles. The number of carbonyl (C=O) groups is 2. The van der Waals surface area contributed by atoms with E-state index in [1.807, 2.05) is 17.0 Å². The van der Waals surface area contributed by atoms with E-state index in [1.54, 1.807) is 49.2 Å². The number of hydrogen-bond acceptors (Lipinski definition) is 6. The Kier molecular flexibility index (Phi) is 8.55. The summed E-state index contributed by atoms with van der Waals surface area (Å²) < 4.78 is 22.1. The van der Waals surface area contributed by atoms with Crippen LogP contribution in [0.15, 0.2) is 85.2 Å². The van der Waals surface area contributed by atoms with E-state index in [2.05, 4.69) is 27.1 Å². The summed E-state index contributed by atoms with van der Waals surface area (Å²) in [5, 5.41) is 14.1. The van der Waals surface area contributed by atoms with Crippen molar-refractivity contribution in [2.24, 2.45) is 7.05 Å². The number of nitrogens with one attached hydrogen (secondary N) is 1. The number of amides is 2. The van der Waals surface area contributed by atoms with Crippen LogP contribution in [0.25, 0.3) is 11.3 Å². The Bertz CT molecular complexity index is 1960. The third kappa shape index (κ3) is 6.22. The van der Waals surface area contributed by atoms with Crippen LogP contribution in [0.5, 0.6) is 5.75 Å². The molecule has 11 heteroatoms. The number of halogens is 1. The highest BCUT2D eigenvalue weighted by Crippen LogP contribution is 2.34. The Morgan fingerprint density at radius 3 is 2.48 bits per heavy atom. The second kappa shape index (κ2) is 13.1. The molecule has 7 rings (SSSR count). The molecule has 5 aromatic rings. The van der Waals surface area contributed by atoms with Gasteiger partial charge in [-0.3, -0.25) is 24.1 Å². The van der Waals surface area contributed by atoms with E-state index in [0.29, 0.717) is 65.8 Å². The number of phenols is 1. The fourth-order valence-electron chi connectivity index (χ4n) is 6.71. The van der Waals surface area contributed by atoms with Gasteiger partial charge in [0.15, 0.2) is 0 Å². The van der Waals surface area contributed by atoms with Crippen molar-refractivity contribution in [2.75, 3.05) is 37.7 Å². The van der Waals surface area contributed by atoms with Crippen LogP contribution in [-0.4, -0.2) is 80.4 Å². The molecular formula is C37H37FN6O4. The number of rotatable bonds is 7. The molecule has 1 atom stereocenters. The quantitative estimate of drug-likeness (QED) is 0.243. The van der Waals surface area contributed by atoms with Gasteiger partial charge in [0, 0.05) is 73.7 Å². The fourth-order valence-corrected chi connectivity index (χ4v) is 6.71. The van der Waals surface area contributed by atoms with Gasteiger partial charge in [-0.2, -0.15) is 5.10 Å². The average Bonchev–Trinajstić information content (AvgIpc) is 3.70. The highest BCUT2D eigenvalue weighted by molar-refractivity contribution is 6.12. The lowest BCUT2D eigenvalue weighted by Gasteiger charge is -2.40. The predicted octanol–water partition coefficient (Wildman–Crippen LogP) is 5.45. The lowest BCUT2D eigenvalue weighted by atomic mass is 9.92. The van der Waals surface area contributed by atoms with E-state index in [0.717, 1.165) is 25.1 Å². The highest BCUT2D eigenvalue weighted by Gasteiger charge is 2.34. The van der Waals surface area contributed by atoms with Gasteiger partial charge < -0.3 is 19.7 Å². The van der Waals surface area contributed by atoms with E-state index in [9.17, 15) is 19.1 Å². The molecule has 2 aliphatic heterocycles. The first kappa shape index (κ1) is 31.3. The summed E-state index contributed by atoms with van der Waals surface area (Å²) in [6.45, 7) is 5.87. The Morgan fingerprint density at radius 2 is 1.75 bits per heavy atom. The van der Waals surface area contributed by atoms with Gasteiger partial charge in [0.2, 0.25) is 0 Å². The minimum atomic E-state index is -0.489. The summed E-state index contributed by atoms with van der Waals surface area (Å²) in [6.07, 6.45) is 4.03. The number of hydrogen-bond donors (Lipinski definition) is 2. The Balaban J connectivity index is 1.24. The van der Waals surface area contributed by atoms with Crippen LogP contribution in [0.4, 0.5) is 15.8 Å². The van der Waals surface area contributed by atoms with Crippen LogP contribution >= 0.6 is 0 Å². The zero-order chi connectivity index (χ0) is 33.4. The standard InChI is InChI=1S/C37H37FN6O4/c1-24-33(37(47)44(30-20-39-41(2)22-30)28-8-10-31(45)11-9-28)19-35(40-24)34-18-27(38)7-12-32(34)36(46)43-21-26-6-4-3-5-25(26)17-29(43)23-42-13-15-48-16-14-42/h3-12,18-20,22,29,40,45H,13-17,21,23H2,1-2H3/t29-/m0/s1. The summed E-state index contributed by atoms with van der Waals surface area (Å²) in [5.74, 6) is -0.961. The normalized spacial score (nSPS) is 16.5. The van der Waals surface area contributed by atoms with E-state index in [4.69, 9.17) is 4.74 Å². The van der Waals surface area contributed by atoms with E-state index < -0.39 is 5.82 Å². The number of ether oxygens (including phenoxy) is 1. The number of carbonyl (C=O) groups excluding carboxylic acids is 2. The summed E-state index contributed by atoms with van der Waals surface area (Å²) in [5.41, 5.74) is 5.49. The number of nitrogens with zero attached hydrogens (tertiary/aromatic N) is 5. The largest absolute Gasteiger partial charge is 0.508 e. The molecule has 0 bridgehead atoms. The highest BCUT2D eigenvalue weighted by atomic mass is 19.1. The summed E-state index contributed by atoms with van der Waals surface area (Å²) in [4.78, 5) is 37.8. The Labute approximate surface area is 278 Å². The molecule has 10 nitrogen and oxygen atoms in total. The van der Waals surface area contributed by atoms with Crippen molar-refractivity contribution in [3.05, 3.63) is 119 Å². The molecule has 2 N–H and O–H groups in total. The van der Waals surface area contributed by atoms with Crippen LogP contribution in [0.2, 0.25) is 0 Å². The third-order valence-corrected chi connectivity index (χ3v) is 9.20. The number of fused-ring (bicyclic) bond motifs is 1. The molecule has 2 aliphatic rings. The monoisotopic (exact) mass is 648 g/mol. The van der Waals surface area contributed by atoms with Crippen LogP contribution in [0, 0.1) is 12.7 Å². The molecular weight excluding hydrogens is 611 g/mol. The Hall–Kier alpha value is -5.26. The molecule has 0 unspecified atom stereocenters. The molecule has 4 heterocycles. The molecule has 246 valence electrons. The fraction of sp³-hybridized carbons (Fsp3) is 0.270. The molecule has 48 heavy (non-hydrogen) atoms. The van der Waals surface area contributed by atoms with Crippen molar-refractivity contribution in [3.8, 4) is 17.0 Å². The van der Waals surface area contributed by atoms with Crippen molar-refractivity contribution >= 4 is 23.2 Å². The van der Waals surface area contributed by atoms with Crippen LogP contribution < -0.4 is 4.90 Å². The number of H-pyrrole nitrogens is 1. The van der Waals surface area contributed by atoms with Gasteiger partial charge in [-0.25, -0.2) is 4.39 Å².